The summed E-state index contributed by atoms with van der Waals surface area (Å²) in [6.07, 6.45) is 6.10. The lowest BCUT2D eigenvalue weighted by Crippen LogP contribution is -2.50. The normalized spacial score (nSPS) is 16.2. The van der Waals surface area contributed by atoms with Gasteiger partial charge in [0, 0.05) is 23.0 Å². The van der Waals surface area contributed by atoms with Gasteiger partial charge >= 0.3 is 18.0 Å². The number of alkyl carbamates (subject to hydrolysis) is 1. The van der Waals surface area contributed by atoms with Gasteiger partial charge in [-0.3, -0.25) is 4.99 Å². The number of aliphatic imine (C=N–C) groups is 1. The second-order valence-corrected chi connectivity index (χ2v) is 15.5. The molecule has 4 aromatic rings. The van der Waals surface area contributed by atoms with Gasteiger partial charge in [0.15, 0.2) is 6.04 Å². The van der Waals surface area contributed by atoms with Crippen molar-refractivity contribution >= 4 is 23.7 Å². The van der Waals surface area contributed by atoms with Crippen molar-refractivity contribution in [3.63, 3.8) is 0 Å². The molecule has 0 saturated heterocycles. The molecule has 8 nitrogen and oxygen atoms in total. The number of amides is 1. The van der Waals surface area contributed by atoms with Crippen LogP contribution in [0.2, 0.25) is 0 Å². The maximum atomic E-state index is 13.3. The Morgan fingerprint density at radius 3 is 1.45 bits per heavy atom. The largest absolute Gasteiger partial charge is 0.464 e. The molecule has 0 spiro atoms. The average molecular weight is 759 g/mol. The molecule has 0 heterocycles. The quantitative estimate of drug-likeness (QED) is 0.0780. The zero-order valence-corrected chi connectivity index (χ0v) is 33.6. The van der Waals surface area contributed by atoms with Crippen LogP contribution in [0.3, 0.4) is 0 Å². The van der Waals surface area contributed by atoms with E-state index in [-0.39, 0.29) is 24.4 Å². The molecule has 0 radical (unpaired) electrons. The minimum atomic E-state index is -0.748. The van der Waals surface area contributed by atoms with Crippen molar-refractivity contribution < 1.29 is 28.6 Å². The lowest BCUT2D eigenvalue weighted by Gasteiger charge is -2.38. The third kappa shape index (κ3) is 11.6. The van der Waals surface area contributed by atoms with Crippen LogP contribution in [0, 0.1) is 11.8 Å². The second-order valence-electron chi connectivity index (χ2n) is 15.5. The molecule has 2 aliphatic carbocycles. The molecular formula is C48H58N2O6. The van der Waals surface area contributed by atoms with Crippen molar-refractivity contribution in [2.24, 2.45) is 16.8 Å². The molecule has 8 heteroatoms. The first kappa shape index (κ1) is 41.9. The molecule has 4 unspecified atom stereocenters. The number of rotatable bonds is 14. The van der Waals surface area contributed by atoms with Crippen LogP contribution < -0.4 is 5.32 Å². The SMILES string of the molecule is CCOC(=O)C(N=C(c1ccccc1)c1ccccc1)C(c1ccccc1)C1CCC1.CCOC(=O)C(NC(=O)OC(C)(C)C)C(c1ccccc1)C1CCC1. The van der Waals surface area contributed by atoms with Crippen molar-refractivity contribution in [3.8, 4) is 0 Å². The highest BCUT2D eigenvalue weighted by Gasteiger charge is 2.41. The topological polar surface area (TPSA) is 103 Å². The molecule has 2 saturated carbocycles. The van der Waals surface area contributed by atoms with Crippen molar-refractivity contribution in [1.82, 2.24) is 5.32 Å². The van der Waals surface area contributed by atoms with Crippen LogP contribution in [0.4, 0.5) is 4.79 Å². The fourth-order valence-electron chi connectivity index (χ4n) is 7.51. The molecule has 2 aliphatic rings. The molecule has 6 rings (SSSR count). The van der Waals surface area contributed by atoms with Gasteiger partial charge in [-0.2, -0.15) is 0 Å². The lowest BCUT2D eigenvalue weighted by molar-refractivity contribution is -0.147. The molecule has 4 atom stereocenters. The lowest BCUT2D eigenvalue weighted by atomic mass is 9.70. The Labute approximate surface area is 333 Å². The Hall–Kier alpha value is -5.24. The molecule has 2 fully saturated rings. The smallest absolute Gasteiger partial charge is 0.408 e. The third-order valence-electron chi connectivity index (χ3n) is 10.5. The van der Waals surface area contributed by atoms with E-state index in [1.807, 2.05) is 91.9 Å². The van der Waals surface area contributed by atoms with E-state index in [2.05, 4.69) is 41.7 Å². The standard InChI is InChI=1S/C28H29NO2.C20H29NO4/c1-2-31-28(30)27(25(22-19-12-20-22)21-13-6-3-7-14-21)29-26(23-15-8-4-9-16-23)24-17-10-5-11-18-24;1-5-24-18(22)17(21-19(23)25-20(2,3)4)16(15-12-9-13-15)14-10-7-6-8-11-14/h3-11,13-18,22,25,27H,2,12,19-20H2,1H3;6-8,10-11,15-17H,5,9,12-13H2,1-4H3,(H,21,23). The van der Waals surface area contributed by atoms with Crippen LogP contribution in [0.25, 0.3) is 0 Å². The summed E-state index contributed by atoms with van der Waals surface area (Å²) in [6.45, 7) is 9.64. The number of carbonyl (C=O) groups excluding carboxylic acids is 3. The maximum Gasteiger partial charge on any atom is 0.408 e. The van der Waals surface area contributed by atoms with Gasteiger partial charge < -0.3 is 19.5 Å². The van der Waals surface area contributed by atoms with E-state index in [4.69, 9.17) is 19.2 Å². The van der Waals surface area contributed by atoms with Gasteiger partial charge in [-0.1, -0.05) is 134 Å². The highest BCUT2D eigenvalue weighted by Crippen LogP contribution is 2.43. The van der Waals surface area contributed by atoms with Crippen molar-refractivity contribution in [2.75, 3.05) is 13.2 Å². The molecule has 0 aliphatic heterocycles. The molecule has 0 aromatic heterocycles. The monoisotopic (exact) mass is 758 g/mol. The first-order chi connectivity index (χ1) is 27.1. The Balaban J connectivity index is 0.000000220. The number of hydrogen-bond donors (Lipinski definition) is 1. The highest BCUT2D eigenvalue weighted by atomic mass is 16.6. The fraction of sp³-hybridized carbons (Fsp3) is 0.417. The minimum Gasteiger partial charge on any atom is -0.464 e. The van der Waals surface area contributed by atoms with E-state index in [0.717, 1.165) is 60.1 Å². The number of hydrogen-bond acceptors (Lipinski definition) is 7. The molecular weight excluding hydrogens is 701 g/mol. The summed E-state index contributed by atoms with van der Waals surface area (Å²) >= 11 is 0. The van der Waals surface area contributed by atoms with Crippen LogP contribution in [0.5, 0.6) is 0 Å². The van der Waals surface area contributed by atoms with E-state index in [1.54, 1.807) is 27.7 Å². The van der Waals surface area contributed by atoms with Crippen molar-refractivity contribution in [1.29, 1.82) is 0 Å². The summed E-state index contributed by atoms with van der Waals surface area (Å²) < 4.78 is 16.2. The number of carbonyl (C=O) groups is 3. The van der Waals surface area contributed by atoms with Gasteiger partial charge in [-0.25, -0.2) is 14.4 Å². The van der Waals surface area contributed by atoms with E-state index >= 15 is 0 Å². The Morgan fingerprint density at radius 2 is 1.04 bits per heavy atom. The van der Waals surface area contributed by atoms with Crippen molar-refractivity contribution in [3.05, 3.63) is 144 Å². The Morgan fingerprint density at radius 1 is 0.625 bits per heavy atom. The molecule has 296 valence electrons. The van der Waals surface area contributed by atoms with Gasteiger partial charge in [0.25, 0.3) is 0 Å². The molecule has 0 bridgehead atoms. The van der Waals surface area contributed by atoms with Gasteiger partial charge in [0.05, 0.1) is 18.9 Å². The zero-order chi connectivity index (χ0) is 39.9. The van der Waals surface area contributed by atoms with E-state index in [1.165, 1.54) is 6.42 Å². The summed E-state index contributed by atoms with van der Waals surface area (Å²) in [6, 6.07) is 39.1. The second kappa shape index (κ2) is 20.6. The minimum absolute atomic E-state index is 0.0106. The van der Waals surface area contributed by atoms with Gasteiger partial charge in [0.2, 0.25) is 0 Å². The molecule has 4 aromatic carbocycles. The van der Waals surface area contributed by atoms with Crippen LogP contribution in [0.1, 0.15) is 107 Å². The highest BCUT2D eigenvalue weighted by molar-refractivity contribution is 6.13. The van der Waals surface area contributed by atoms with Crippen LogP contribution in [-0.2, 0) is 23.8 Å². The van der Waals surface area contributed by atoms with E-state index < -0.39 is 29.7 Å². The Kier molecular flexibility index (Phi) is 15.4. The number of nitrogens with one attached hydrogen (secondary N) is 1. The molecule has 1 amide bonds. The first-order valence-corrected chi connectivity index (χ1v) is 20.2. The van der Waals surface area contributed by atoms with Gasteiger partial charge in [-0.05, 0) is 83.3 Å². The summed E-state index contributed by atoms with van der Waals surface area (Å²) in [5.41, 5.74) is 4.42. The average Bonchev–Trinajstić information content (AvgIpc) is 3.15. The summed E-state index contributed by atoms with van der Waals surface area (Å²) in [7, 11) is 0. The predicted molar refractivity (Wildman–Crippen MR) is 222 cm³/mol. The van der Waals surface area contributed by atoms with Crippen LogP contribution >= 0.6 is 0 Å². The first-order valence-electron chi connectivity index (χ1n) is 20.2. The molecule has 1 N–H and O–H groups in total. The van der Waals surface area contributed by atoms with E-state index in [9.17, 15) is 14.4 Å². The van der Waals surface area contributed by atoms with Crippen LogP contribution in [0.15, 0.2) is 126 Å². The third-order valence-corrected chi connectivity index (χ3v) is 10.5. The summed E-state index contributed by atoms with van der Waals surface area (Å²) in [4.78, 5) is 43.3. The number of benzene rings is 4. The van der Waals surface area contributed by atoms with E-state index in [0.29, 0.717) is 18.4 Å². The fourth-order valence-corrected chi connectivity index (χ4v) is 7.51. The summed E-state index contributed by atoms with van der Waals surface area (Å²) in [5.74, 6) is 0.0415. The van der Waals surface area contributed by atoms with Crippen LogP contribution in [-0.4, -0.2) is 54.6 Å². The van der Waals surface area contributed by atoms with Gasteiger partial charge in [-0.15, -0.1) is 0 Å². The van der Waals surface area contributed by atoms with Gasteiger partial charge in [0.1, 0.15) is 11.6 Å². The maximum absolute atomic E-state index is 13.3. The number of nitrogens with zero attached hydrogens (tertiary/aromatic N) is 1. The molecule has 56 heavy (non-hydrogen) atoms. The number of ether oxygens (including phenoxy) is 3. The Bertz CT molecular complexity index is 1790. The number of esters is 2. The summed E-state index contributed by atoms with van der Waals surface area (Å²) in [5, 5.41) is 2.77. The predicted octanol–water partition coefficient (Wildman–Crippen LogP) is 10.1. The zero-order valence-electron chi connectivity index (χ0n) is 33.6. The van der Waals surface area contributed by atoms with Crippen molar-refractivity contribution in [2.45, 2.75) is 103 Å².